The van der Waals surface area contributed by atoms with Crippen molar-refractivity contribution in [3.8, 4) is 0 Å². The van der Waals surface area contributed by atoms with Gasteiger partial charge in [0.2, 0.25) is 11.8 Å². The lowest BCUT2D eigenvalue weighted by molar-refractivity contribution is -0.136. The van der Waals surface area contributed by atoms with Gasteiger partial charge in [0.1, 0.15) is 6.04 Å². The van der Waals surface area contributed by atoms with Crippen LogP contribution in [0.15, 0.2) is 54.6 Å². The molecule has 1 atom stereocenters. The van der Waals surface area contributed by atoms with Crippen molar-refractivity contribution in [2.24, 2.45) is 0 Å². The van der Waals surface area contributed by atoms with Crippen molar-refractivity contribution in [2.45, 2.75) is 32.2 Å². The molecule has 1 aliphatic heterocycles. The number of fused-ring (bicyclic) bond motifs is 1. The van der Waals surface area contributed by atoms with Gasteiger partial charge in [-0.05, 0) is 49.6 Å². The van der Waals surface area contributed by atoms with Gasteiger partial charge in [-0.15, -0.1) is 12.4 Å². The molecule has 156 valence electrons. The monoisotopic (exact) mass is 424 g/mol. The summed E-state index contributed by atoms with van der Waals surface area (Å²) in [5, 5.41) is 3.75. The smallest absolute Gasteiger partial charge is 0.247 e. The summed E-state index contributed by atoms with van der Waals surface area (Å²) in [6.07, 6.45) is 1.80. The first kappa shape index (κ1) is 21.6. The van der Waals surface area contributed by atoms with E-state index in [0.717, 1.165) is 28.6 Å². The van der Waals surface area contributed by atoms with E-state index in [1.165, 1.54) is 0 Å². The second-order valence-corrected chi connectivity index (χ2v) is 7.48. The minimum atomic E-state index is -0.449. The molecule has 3 N–H and O–H groups in total. The molecule has 0 radical (unpaired) electrons. The molecule has 6 nitrogen and oxygen atoms in total. The third kappa shape index (κ3) is 4.54. The first-order valence-electron chi connectivity index (χ1n) is 9.82. The van der Waals surface area contributed by atoms with Crippen LogP contribution in [0.3, 0.4) is 0 Å². The number of likely N-dealkylation sites (tertiary alicyclic amines) is 1. The topological polar surface area (TPSA) is 88.3 Å². The Morgan fingerprint density at radius 3 is 2.70 bits per heavy atom. The predicted octanol–water partition coefficient (Wildman–Crippen LogP) is 3.72. The summed E-state index contributed by atoms with van der Waals surface area (Å²) in [5.74, 6) is -0.182. The van der Waals surface area contributed by atoms with Gasteiger partial charge in [0.25, 0.3) is 0 Å². The molecule has 1 aliphatic rings. The molecule has 1 saturated heterocycles. The highest BCUT2D eigenvalue weighted by Crippen LogP contribution is 2.25. The maximum atomic E-state index is 12.9. The fraction of sp³-hybridized carbons (Fsp3) is 0.261. The summed E-state index contributed by atoms with van der Waals surface area (Å²) in [7, 11) is 0. The van der Waals surface area contributed by atoms with E-state index < -0.39 is 6.04 Å². The van der Waals surface area contributed by atoms with E-state index in [1.807, 2.05) is 61.5 Å². The van der Waals surface area contributed by atoms with E-state index in [1.54, 1.807) is 4.90 Å². The zero-order chi connectivity index (χ0) is 20.4. The third-order valence-corrected chi connectivity index (χ3v) is 5.31. The van der Waals surface area contributed by atoms with Gasteiger partial charge in [-0.2, -0.15) is 0 Å². The van der Waals surface area contributed by atoms with Crippen LogP contribution in [0.25, 0.3) is 10.9 Å². The van der Waals surface area contributed by atoms with Gasteiger partial charge in [-0.3, -0.25) is 14.6 Å². The van der Waals surface area contributed by atoms with Crippen molar-refractivity contribution in [3.05, 3.63) is 65.9 Å². The Kier molecular flexibility index (Phi) is 6.57. The average molecular weight is 425 g/mol. The number of carbonyl (C=O) groups is 2. The number of hydrogen-bond donors (Lipinski definition) is 2. The molecule has 0 bridgehead atoms. The molecule has 7 heteroatoms. The molecular formula is C23H25ClN4O2. The molecule has 30 heavy (non-hydrogen) atoms. The van der Waals surface area contributed by atoms with Crippen molar-refractivity contribution >= 4 is 46.5 Å². The van der Waals surface area contributed by atoms with Gasteiger partial charge < -0.3 is 16.0 Å². The fourth-order valence-corrected chi connectivity index (χ4v) is 3.90. The molecular weight excluding hydrogens is 400 g/mol. The van der Waals surface area contributed by atoms with Crippen LogP contribution in [-0.4, -0.2) is 34.3 Å². The summed E-state index contributed by atoms with van der Waals surface area (Å²) in [6.45, 7) is 2.50. The average Bonchev–Trinajstić information content (AvgIpc) is 3.19. The normalized spacial score (nSPS) is 15.6. The Bertz CT molecular complexity index is 1070. The number of anilines is 2. The van der Waals surface area contributed by atoms with Crippen LogP contribution in [0.2, 0.25) is 0 Å². The quantitative estimate of drug-likeness (QED) is 0.668. The van der Waals surface area contributed by atoms with Gasteiger partial charge in [0, 0.05) is 29.0 Å². The maximum Gasteiger partial charge on any atom is 0.247 e. The molecule has 2 heterocycles. The number of rotatable bonds is 4. The van der Waals surface area contributed by atoms with E-state index in [9.17, 15) is 9.59 Å². The predicted molar refractivity (Wildman–Crippen MR) is 122 cm³/mol. The van der Waals surface area contributed by atoms with Crippen LogP contribution in [0.5, 0.6) is 0 Å². The van der Waals surface area contributed by atoms with Gasteiger partial charge in [0.05, 0.1) is 11.9 Å². The van der Waals surface area contributed by atoms with Crippen LogP contribution < -0.4 is 11.1 Å². The van der Waals surface area contributed by atoms with Gasteiger partial charge >= 0.3 is 0 Å². The van der Waals surface area contributed by atoms with Crippen molar-refractivity contribution in [3.63, 3.8) is 0 Å². The molecule has 2 amide bonds. The first-order chi connectivity index (χ1) is 14.0. The first-order valence-corrected chi connectivity index (χ1v) is 9.82. The number of nitrogens with two attached hydrogens (primary N) is 1. The van der Waals surface area contributed by atoms with Crippen LogP contribution in [0, 0.1) is 6.92 Å². The lowest BCUT2D eigenvalue weighted by Crippen LogP contribution is -2.43. The largest absolute Gasteiger partial charge is 0.398 e. The summed E-state index contributed by atoms with van der Waals surface area (Å²) in [4.78, 5) is 31.8. The SMILES string of the molecule is Cc1cc(N)c2cc(NC(=O)[C@@H]3CCCN3C(=O)Cc3ccccc3)ccc2n1.Cl. The van der Waals surface area contributed by atoms with Crippen molar-refractivity contribution in [1.82, 2.24) is 9.88 Å². The number of aromatic nitrogens is 1. The number of nitrogens with one attached hydrogen (secondary N) is 1. The van der Waals surface area contributed by atoms with Gasteiger partial charge in [-0.25, -0.2) is 0 Å². The van der Waals surface area contributed by atoms with Crippen molar-refractivity contribution in [1.29, 1.82) is 0 Å². The number of nitrogen functional groups attached to an aromatic ring is 1. The van der Waals surface area contributed by atoms with Crippen LogP contribution in [0.1, 0.15) is 24.1 Å². The second-order valence-electron chi connectivity index (χ2n) is 7.48. The third-order valence-electron chi connectivity index (χ3n) is 5.31. The number of benzene rings is 2. The number of nitrogens with zero attached hydrogens (tertiary/aromatic N) is 2. The standard InChI is InChI=1S/C23H24N4O2.ClH/c1-15-12-19(24)18-14-17(9-10-20(18)25-15)26-23(29)21-8-5-11-27(21)22(28)13-16-6-3-2-4-7-16;/h2-4,6-7,9-10,12,14,21H,5,8,11,13H2,1H3,(H2,24,25)(H,26,29);1H/t21-;/m0./s1. The molecule has 4 rings (SSSR count). The number of aryl methyl sites for hydroxylation is 1. The van der Waals surface area contributed by atoms with E-state index >= 15 is 0 Å². The van der Waals surface area contributed by atoms with Gasteiger partial charge in [0.15, 0.2) is 0 Å². The van der Waals surface area contributed by atoms with Crippen molar-refractivity contribution in [2.75, 3.05) is 17.6 Å². The van der Waals surface area contributed by atoms with Crippen LogP contribution in [0.4, 0.5) is 11.4 Å². The number of hydrogen-bond acceptors (Lipinski definition) is 4. The number of halogens is 1. The van der Waals surface area contributed by atoms with E-state index in [0.29, 0.717) is 30.8 Å². The maximum absolute atomic E-state index is 12.9. The summed E-state index contributed by atoms with van der Waals surface area (Å²) in [5.41, 5.74) is 9.99. The Hall–Kier alpha value is -3.12. The lowest BCUT2D eigenvalue weighted by atomic mass is 10.1. The van der Waals surface area contributed by atoms with Crippen LogP contribution in [-0.2, 0) is 16.0 Å². The molecule has 0 unspecified atom stereocenters. The number of amides is 2. The zero-order valence-corrected chi connectivity index (χ0v) is 17.6. The highest BCUT2D eigenvalue weighted by atomic mass is 35.5. The summed E-state index contributed by atoms with van der Waals surface area (Å²) < 4.78 is 0. The van der Waals surface area contributed by atoms with Crippen LogP contribution >= 0.6 is 12.4 Å². The second kappa shape index (κ2) is 9.13. The van der Waals surface area contributed by atoms with Gasteiger partial charge in [-0.1, -0.05) is 30.3 Å². The molecule has 3 aromatic rings. The number of carbonyl (C=O) groups excluding carboxylic acids is 2. The minimum absolute atomic E-state index is 0. The lowest BCUT2D eigenvalue weighted by Gasteiger charge is -2.24. The van der Waals surface area contributed by atoms with E-state index in [2.05, 4.69) is 10.3 Å². The Morgan fingerprint density at radius 2 is 1.93 bits per heavy atom. The Balaban J connectivity index is 0.00000256. The molecule has 0 aliphatic carbocycles. The summed E-state index contributed by atoms with van der Waals surface area (Å²) in [6, 6.07) is 16.5. The minimum Gasteiger partial charge on any atom is -0.398 e. The summed E-state index contributed by atoms with van der Waals surface area (Å²) >= 11 is 0. The highest BCUT2D eigenvalue weighted by molar-refractivity contribution is 6.00. The van der Waals surface area contributed by atoms with E-state index in [-0.39, 0.29) is 24.2 Å². The molecule has 1 aromatic heterocycles. The van der Waals surface area contributed by atoms with Crippen molar-refractivity contribution < 1.29 is 9.59 Å². The molecule has 0 spiro atoms. The molecule has 2 aromatic carbocycles. The fourth-order valence-electron chi connectivity index (χ4n) is 3.90. The van der Waals surface area contributed by atoms with E-state index in [4.69, 9.17) is 5.73 Å². The highest BCUT2D eigenvalue weighted by Gasteiger charge is 2.33. The molecule has 0 saturated carbocycles. The Labute approximate surface area is 181 Å². The number of pyridine rings is 1. The Morgan fingerprint density at radius 1 is 1.17 bits per heavy atom. The zero-order valence-electron chi connectivity index (χ0n) is 16.8. The molecule has 1 fully saturated rings.